The van der Waals surface area contributed by atoms with Crippen molar-refractivity contribution in [3.63, 3.8) is 0 Å². The van der Waals surface area contributed by atoms with Gasteiger partial charge in [-0.2, -0.15) is 0 Å². The lowest BCUT2D eigenvalue weighted by atomic mass is 10.1. The number of hydrogen-bond donors (Lipinski definition) is 0. The summed E-state index contributed by atoms with van der Waals surface area (Å²) in [5, 5.41) is 1.24. The highest BCUT2D eigenvalue weighted by Crippen LogP contribution is 2.35. The molecule has 0 saturated carbocycles. The first kappa shape index (κ1) is 18.7. The van der Waals surface area contributed by atoms with Crippen LogP contribution in [0.2, 0.25) is 10.0 Å². The number of esters is 1. The number of hydrogen-bond acceptors (Lipinski definition) is 4. The van der Waals surface area contributed by atoms with Crippen molar-refractivity contribution < 1.29 is 14.3 Å². The summed E-state index contributed by atoms with van der Waals surface area (Å²) in [5.74, 6) is 0.123. The Morgan fingerprint density at radius 1 is 1.08 bits per heavy atom. The van der Waals surface area contributed by atoms with E-state index >= 15 is 0 Å². The summed E-state index contributed by atoms with van der Waals surface area (Å²) in [6.07, 6.45) is 1.38. The van der Waals surface area contributed by atoms with Crippen LogP contribution < -0.4 is 0 Å². The van der Waals surface area contributed by atoms with Gasteiger partial charge in [-0.3, -0.25) is 0 Å². The molecule has 0 aliphatic carbocycles. The summed E-state index contributed by atoms with van der Waals surface area (Å²) < 4.78 is 9.86. The monoisotopic (exact) mass is 382 g/mol. The zero-order valence-corrected chi connectivity index (χ0v) is 15.5. The highest BCUT2D eigenvalue weighted by molar-refractivity contribution is 7.98. The van der Waals surface area contributed by atoms with E-state index in [0.29, 0.717) is 21.4 Å². The van der Waals surface area contributed by atoms with E-state index in [1.807, 2.05) is 30.3 Å². The van der Waals surface area contributed by atoms with E-state index < -0.39 is 5.97 Å². The van der Waals surface area contributed by atoms with Gasteiger partial charge in [0.1, 0.15) is 5.57 Å². The molecule has 0 atom stereocenters. The second kappa shape index (κ2) is 9.02. The van der Waals surface area contributed by atoms with Crippen LogP contribution in [-0.4, -0.2) is 20.2 Å². The van der Waals surface area contributed by atoms with Gasteiger partial charge < -0.3 is 9.47 Å². The van der Waals surface area contributed by atoms with Gasteiger partial charge in [-0.1, -0.05) is 47.5 Å². The van der Waals surface area contributed by atoms with E-state index in [9.17, 15) is 4.79 Å². The van der Waals surface area contributed by atoms with Gasteiger partial charge >= 0.3 is 5.97 Å². The van der Waals surface area contributed by atoms with Gasteiger partial charge in [-0.25, -0.2) is 4.79 Å². The van der Waals surface area contributed by atoms with Gasteiger partial charge in [0.25, 0.3) is 0 Å². The van der Waals surface area contributed by atoms with Crippen molar-refractivity contribution in [2.24, 2.45) is 0 Å². The van der Waals surface area contributed by atoms with Crippen LogP contribution in [0.4, 0.5) is 0 Å². The minimum atomic E-state index is -0.458. The molecule has 0 unspecified atom stereocenters. The van der Waals surface area contributed by atoms with Gasteiger partial charge in [0.2, 0.25) is 0 Å². The Kier molecular flexibility index (Phi) is 7.03. The van der Waals surface area contributed by atoms with Crippen molar-refractivity contribution in [3.8, 4) is 0 Å². The average Bonchev–Trinajstić information content (AvgIpc) is 2.59. The molecule has 24 heavy (non-hydrogen) atoms. The fraction of sp³-hybridized carbons (Fsp3) is 0.167. The second-order valence-electron chi connectivity index (χ2n) is 4.74. The molecule has 0 heterocycles. The van der Waals surface area contributed by atoms with Crippen LogP contribution >= 0.6 is 35.0 Å². The van der Waals surface area contributed by atoms with Crippen molar-refractivity contribution in [1.82, 2.24) is 0 Å². The van der Waals surface area contributed by atoms with Crippen LogP contribution in [0.5, 0.6) is 0 Å². The molecule has 0 aromatic heterocycles. The molecule has 2 rings (SSSR count). The van der Waals surface area contributed by atoms with E-state index in [2.05, 4.69) is 0 Å². The topological polar surface area (TPSA) is 35.5 Å². The van der Waals surface area contributed by atoms with E-state index in [4.69, 9.17) is 32.7 Å². The summed E-state index contributed by atoms with van der Waals surface area (Å²) in [5.41, 5.74) is 1.95. The molecule has 0 aliphatic rings. The van der Waals surface area contributed by atoms with E-state index in [-0.39, 0.29) is 0 Å². The summed E-state index contributed by atoms with van der Waals surface area (Å²) in [4.78, 5) is 12.9. The number of benzene rings is 2. The quantitative estimate of drug-likeness (QED) is 0.288. The number of methoxy groups -OCH3 is 2. The number of carbonyl (C=O) groups is 1. The Bertz CT molecular complexity index is 739. The van der Waals surface area contributed by atoms with E-state index in [0.717, 1.165) is 16.0 Å². The smallest absolute Gasteiger partial charge is 0.341 e. The lowest BCUT2D eigenvalue weighted by molar-refractivity contribution is -0.133. The maximum Gasteiger partial charge on any atom is 0.341 e. The molecule has 6 heteroatoms. The first-order chi connectivity index (χ1) is 11.6. The lowest BCUT2D eigenvalue weighted by Gasteiger charge is -2.12. The zero-order valence-electron chi connectivity index (χ0n) is 13.2. The average molecular weight is 383 g/mol. The summed E-state index contributed by atoms with van der Waals surface area (Å²) in [6.45, 7) is 0. The summed E-state index contributed by atoms with van der Waals surface area (Å²) in [7, 11) is 2.83. The van der Waals surface area contributed by atoms with Crippen LogP contribution in [0.25, 0.3) is 5.57 Å². The molecule has 0 fully saturated rings. The maximum absolute atomic E-state index is 12.0. The molecule has 0 radical (unpaired) electrons. The van der Waals surface area contributed by atoms with Crippen LogP contribution in [-0.2, 0) is 20.0 Å². The van der Waals surface area contributed by atoms with Gasteiger partial charge in [0, 0.05) is 26.3 Å². The number of ether oxygens (including phenoxy) is 2. The molecule has 0 N–H and O–H groups in total. The fourth-order valence-corrected chi connectivity index (χ4v) is 3.89. The predicted molar refractivity (Wildman–Crippen MR) is 99.5 cm³/mol. The highest BCUT2D eigenvalue weighted by Gasteiger charge is 2.17. The molecule has 0 saturated heterocycles. The molecule has 3 nitrogen and oxygen atoms in total. The zero-order chi connectivity index (χ0) is 17.5. The van der Waals surface area contributed by atoms with Crippen LogP contribution in [0, 0.1) is 0 Å². The van der Waals surface area contributed by atoms with Crippen LogP contribution in [0.3, 0.4) is 0 Å². The van der Waals surface area contributed by atoms with Crippen molar-refractivity contribution in [2.45, 2.75) is 10.6 Å². The van der Waals surface area contributed by atoms with Crippen molar-refractivity contribution in [1.29, 1.82) is 0 Å². The summed E-state index contributed by atoms with van der Waals surface area (Å²) >= 11 is 14.0. The van der Waals surface area contributed by atoms with Gasteiger partial charge in [0.05, 0.1) is 20.5 Å². The number of rotatable bonds is 6. The Morgan fingerprint density at radius 3 is 2.38 bits per heavy atom. The Balaban J connectivity index is 2.32. The molecule has 2 aromatic rings. The Labute approximate surface area is 155 Å². The fourth-order valence-electron chi connectivity index (χ4n) is 2.08. The van der Waals surface area contributed by atoms with Crippen molar-refractivity contribution in [3.05, 3.63) is 69.9 Å². The minimum absolute atomic E-state index is 0.355. The molecule has 126 valence electrons. The maximum atomic E-state index is 12.0. The third kappa shape index (κ3) is 4.47. The highest BCUT2D eigenvalue weighted by atomic mass is 35.5. The number of halogens is 2. The predicted octanol–water partition coefficient (Wildman–Crippen LogP) is 5.45. The van der Waals surface area contributed by atoms with Gasteiger partial charge in [-0.15, -0.1) is 11.8 Å². The van der Waals surface area contributed by atoms with Gasteiger partial charge in [0.15, 0.2) is 0 Å². The van der Waals surface area contributed by atoms with E-state index in [1.54, 1.807) is 12.1 Å². The molecule has 0 spiro atoms. The van der Waals surface area contributed by atoms with Gasteiger partial charge in [-0.05, 0) is 23.8 Å². The Morgan fingerprint density at radius 2 is 1.75 bits per heavy atom. The van der Waals surface area contributed by atoms with Crippen LogP contribution in [0.15, 0.2) is 53.6 Å². The molecule has 0 amide bonds. The van der Waals surface area contributed by atoms with Crippen molar-refractivity contribution >= 4 is 46.5 Å². The normalized spacial score (nSPS) is 11.2. The first-order valence-electron chi connectivity index (χ1n) is 7.04. The minimum Gasteiger partial charge on any atom is -0.503 e. The first-order valence-corrected chi connectivity index (χ1v) is 8.79. The number of thioether (sulfide) groups is 1. The third-order valence-electron chi connectivity index (χ3n) is 3.25. The number of carbonyl (C=O) groups excluding carboxylic acids is 1. The SMILES string of the molecule is COC=C(C(=O)OC)c1ccccc1SCc1c(Cl)cccc1Cl. The molecular formula is C18H16Cl2O3S. The lowest BCUT2D eigenvalue weighted by Crippen LogP contribution is -2.05. The molecule has 0 bridgehead atoms. The second-order valence-corrected chi connectivity index (χ2v) is 6.58. The molecule has 0 aliphatic heterocycles. The van der Waals surface area contributed by atoms with Crippen molar-refractivity contribution in [2.75, 3.05) is 14.2 Å². The summed E-state index contributed by atoms with van der Waals surface area (Å²) in [6, 6.07) is 13.0. The van der Waals surface area contributed by atoms with E-state index in [1.165, 1.54) is 32.2 Å². The third-order valence-corrected chi connectivity index (χ3v) is 5.06. The largest absolute Gasteiger partial charge is 0.503 e. The standard InChI is InChI=1S/C18H16Cl2O3S/c1-22-10-13(18(21)23-2)12-6-3-4-9-17(12)24-11-14-15(19)7-5-8-16(14)20/h3-10H,11H2,1-2H3. The molecular weight excluding hydrogens is 367 g/mol. The van der Waals surface area contributed by atoms with Crippen LogP contribution in [0.1, 0.15) is 11.1 Å². The molecule has 2 aromatic carbocycles. The Hall–Kier alpha value is -1.62.